The van der Waals surface area contributed by atoms with Gasteiger partial charge in [0.05, 0.1) is 11.3 Å². The molecule has 0 aliphatic heterocycles. The number of sulfone groups is 1. The van der Waals surface area contributed by atoms with Crippen LogP contribution in [0.25, 0.3) is 0 Å². The summed E-state index contributed by atoms with van der Waals surface area (Å²) < 4.78 is 23.4. The van der Waals surface area contributed by atoms with Crippen molar-refractivity contribution in [2.45, 2.75) is 24.7 Å². The second-order valence-corrected chi connectivity index (χ2v) is 7.51. The van der Waals surface area contributed by atoms with Gasteiger partial charge in [-0.2, -0.15) is 0 Å². The van der Waals surface area contributed by atoms with Crippen LogP contribution in [0.2, 0.25) is 0 Å². The summed E-state index contributed by atoms with van der Waals surface area (Å²) in [6.07, 6.45) is 1.86. The lowest BCUT2D eigenvalue weighted by molar-refractivity contribution is -0.115. The lowest BCUT2D eigenvalue weighted by Gasteiger charge is -2.07. The lowest BCUT2D eigenvalue weighted by atomic mass is 10.1. The molecule has 2 aromatic rings. The molecule has 0 fully saturated rings. The number of anilines is 1. The van der Waals surface area contributed by atoms with Gasteiger partial charge < -0.3 is 5.32 Å². The molecule has 0 unspecified atom stereocenters. The third kappa shape index (κ3) is 4.08. The Morgan fingerprint density at radius 1 is 1.29 bits per heavy atom. The van der Waals surface area contributed by atoms with E-state index in [1.54, 1.807) is 18.2 Å². The molecule has 1 heterocycles. The smallest absolute Gasteiger partial charge is 0.230 e. The van der Waals surface area contributed by atoms with Crippen LogP contribution in [0.1, 0.15) is 17.5 Å². The van der Waals surface area contributed by atoms with Gasteiger partial charge in [-0.05, 0) is 18.1 Å². The number of carbonyl (C=O) groups excluding carboxylic acids is 1. The fourth-order valence-corrected chi connectivity index (χ4v) is 3.43. The van der Waals surface area contributed by atoms with E-state index < -0.39 is 9.84 Å². The molecule has 0 aliphatic rings. The Morgan fingerprint density at radius 3 is 2.62 bits per heavy atom. The van der Waals surface area contributed by atoms with Gasteiger partial charge in [-0.1, -0.05) is 36.5 Å². The van der Waals surface area contributed by atoms with Crippen LogP contribution in [0.4, 0.5) is 5.13 Å². The molecule has 2 rings (SSSR count). The topological polar surface area (TPSA) is 89.0 Å². The molecule has 1 amide bonds. The Kier molecular flexibility index (Phi) is 4.69. The van der Waals surface area contributed by atoms with E-state index in [9.17, 15) is 13.2 Å². The molecule has 0 saturated heterocycles. The molecule has 0 atom stereocenters. The summed E-state index contributed by atoms with van der Waals surface area (Å²) in [7, 11) is -3.36. The zero-order chi connectivity index (χ0) is 15.5. The van der Waals surface area contributed by atoms with Gasteiger partial charge in [-0.3, -0.25) is 4.79 Å². The Bertz CT molecular complexity index is 754. The molecule has 1 N–H and O–H groups in total. The fraction of sp³-hybridized carbons (Fsp3) is 0.308. The average molecular weight is 325 g/mol. The van der Waals surface area contributed by atoms with Gasteiger partial charge in [0, 0.05) is 6.26 Å². The number of aromatic nitrogens is 2. The maximum Gasteiger partial charge on any atom is 0.230 e. The predicted octanol–water partition coefficient (Wildman–Crippen LogP) is 1.69. The van der Waals surface area contributed by atoms with Gasteiger partial charge in [-0.25, -0.2) is 8.42 Å². The average Bonchev–Trinajstić information content (AvgIpc) is 2.85. The molecule has 0 radical (unpaired) electrons. The van der Waals surface area contributed by atoms with Crippen molar-refractivity contribution in [1.29, 1.82) is 0 Å². The summed E-state index contributed by atoms with van der Waals surface area (Å²) in [4.78, 5) is 12.2. The van der Waals surface area contributed by atoms with Gasteiger partial charge in [-0.15, -0.1) is 10.2 Å². The van der Waals surface area contributed by atoms with E-state index >= 15 is 0 Å². The van der Waals surface area contributed by atoms with E-state index in [0.29, 0.717) is 10.7 Å². The standard InChI is InChI=1S/C13H15N3O3S2/c1-3-12-15-16-13(20-12)14-11(17)8-9-6-4-5-7-10(9)21(2,18)19/h4-7H,3,8H2,1-2H3,(H,14,16,17). The maximum atomic E-state index is 12.0. The third-order valence-corrected chi connectivity index (χ3v) is 4.92. The van der Waals surface area contributed by atoms with Crippen LogP contribution in [-0.2, 0) is 27.5 Å². The molecule has 112 valence electrons. The molecule has 1 aromatic carbocycles. The number of hydrogen-bond donors (Lipinski definition) is 1. The zero-order valence-corrected chi connectivity index (χ0v) is 13.3. The van der Waals surface area contributed by atoms with E-state index in [-0.39, 0.29) is 17.2 Å². The van der Waals surface area contributed by atoms with E-state index in [4.69, 9.17) is 0 Å². The van der Waals surface area contributed by atoms with Crippen LogP contribution in [0, 0.1) is 0 Å². The number of nitrogens with one attached hydrogen (secondary N) is 1. The molecule has 6 nitrogen and oxygen atoms in total. The first-order valence-corrected chi connectivity index (χ1v) is 9.01. The fourth-order valence-electron chi connectivity index (χ4n) is 1.80. The van der Waals surface area contributed by atoms with Crippen LogP contribution >= 0.6 is 11.3 Å². The highest BCUT2D eigenvalue weighted by Crippen LogP contribution is 2.18. The van der Waals surface area contributed by atoms with Crippen LogP contribution in [0.15, 0.2) is 29.2 Å². The number of amides is 1. The van der Waals surface area contributed by atoms with Crippen molar-refractivity contribution in [2.24, 2.45) is 0 Å². The molecule has 21 heavy (non-hydrogen) atoms. The number of nitrogens with zero attached hydrogens (tertiary/aromatic N) is 2. The lowest BCUT2D eigenvalue weighted by Crippen LogP contribution is -2.16. The number of carbonyl (C=O) groups is 1. The summed E-state index contributed by atoms with van der Waals surface area (Å²) >= 11 is 1.31. The van der Waals surface area contributed by atoms with Crippen molar-refractivity contribution < 1.29 is 13.2 Å². The summed E-state index contributed by atoms with van der Waals surface area (Å²) in [5, 5.41) is 11.7. The first kappa shape index (κ1) is 15.6. The quantitative estimate of drug-likeness (QED) is 0.903. The van der Waals surface area contributed by atoms with E-state index in [0.717, 1.165) is 17.7 Å². The van der Waals surface area contributed by atoms with Gasteiger partial charge >= 0.3 is 0 Å². The van der Waals surface area contributed by atoms with Crippen LogP contribution in [-0.4, -0.2) is 30.8 Å². The second kappa shape index (κ2) is 6.31. The molecule has 0 aliphatic carbocycles. The van der Waals surface area contributed by atoms with Crippen LogP contribution in [0.5, 0.6) is 0 Å². The third-order valence-electron chi connectivity index (χ3n) is 2.74. The molecule has 8 heteroatoms. The molecule has 0 bridgehead atoms. The molecular weight excluding hydrogens is 310 g/mol. The van der Waals surface area contributed by atoms with Crippen molar-refractivity contribution in [3.8, 4) is 0 Å². The minimum absolute atomic E-state index is 0.0235. The molecular formula is C13H15N3O3S2. The SMILES string of the molecule is CCc1nnc(NC(=O)Cc2ccccc2S(C)(=O)=O)s1. The minimum atomic E-state index is -3.36. The Hall–Kier alpha value is -1.80. The van der Waals surface area contributed by atoms with Gasteiger partial charge in [0.2, 0.25) is 11.0 Å². The van der Waals surface area contributed by atoms with Crippen LogP contribution < -0.4 is 5.32 Å². The number of hydrogen-bond acceptors (Lipinski definition) is 6. The van der Waals surface area contributed by atoms with E-state index in [1.807, 2.05) is 6.92 Å². The summed E-state index contributed by atoms with van der Waals surface area (Å²) in [5.41, 5.74) is 0.470. The summed E-state index contributed by atoms with van der Waals surface area (Å²) in [6.45, 7) is 1.95. The number of benzene rings is 1. The predicted molar refractivity (Wildman–Crippen MR) is 81.2 cm³/mol. The highest BCUT2D eigenvalue weighted by atomic mass is 32.2. The van der Waals surface area contributed by atoms with E-state index in [2.05, 4.69) is 15.5 Å². The minimum Gasteiger partial charge on any atom is -0.300 e. The first-order valence-electron chi connectivity index (χ1n) is 6.30. The van der Waals surface area contributed by atoms with E-state index in [1.165, 1.54) is 17.4 Å². The highest BCUT2D eigenvalue weighted by molar-refractivity contribution is 7.90. The van der Waals surface area contributed by atoms with Crippen molar-refractivity contribution in [3.63, 3.8) is 0 Å². The number of aryl methyl sites for hydroxylation is 1. The van der Waals surface area contributed by atoms with Crippen molar-refractivity contribution >= 4 is 32.2 Å². The second-order valence-electron chi connectivity index (χ2n) is 4.46. The van der Waals surface area contributed by atoms with Crippen molar-refractivity contribution in [3.05, 3.63) is 34.8 Å². The molecule has 0 saturated carbocycles. The van der Waals surface area contributed by atoms with Gasteiger partial charge in [0.15, 0.2) is 9.84 Å². The number of rotatable bonds is 5. The molecule has 1 aromatic heterocycles. The van der Waals surface area contributed by atoms with Gasteiger partial charge in [0.1, 0.15) is 5.01 Å². The first-order chi connectivity index (χ1) is 9.90. The maximum absolute atomic E-state index is 12.0. The summed E-state index contributed by atoms with van der Waals surface area (Å²) in [5.74, 6) is -0.315. The van der Waals surface area contributed by atoms with Crippen molar-refractivity contribution in [2.75, 3.05) is 11.6 Å². The Morgan fingerprint density at radius 2 is 2.00 bits per heavy atom. The zero-order valence-electron chi connectivity index (χ0n) is 11.7. The normalized spacial score (nSPS) is 11.3. The summed E-state index contributed by atoms with van der Waals surface area (Å²) in [6, 6.07) is 6.47. The highest BCUT2D eigenvalue weighted by Gasteiger charge is 2.16. The Labute approximate surface area is 127 Å². The van der Waals surface area contributed by atoms with Crippen LogP contribution in [0.3, 0.4) is 0 Å². The Balaban J connectivity index is 2.13. The largest absolute Gasteiger partial charge is 0.300 e. The monoisotopic (exact) mass is 325 g/mol. The van der Waals surface area contributed by atoms with Crippen molar-refractivity contribution in [1.82, 2.24) is 10.2 Å². The van der Waals surface area contributed by atoms with Gasteiger partial charge in [0.25, 0.3) is 0 Å². The molecule has 0 spiro atoms.